The average molecular weight is 530 g/mol. The number of nitrogens with zero attached hydrogens (tertiary/aromatic N) is 3. The Morgan fingerprint density at radius 3 is 2.46 bits per heavy atom. The molecule has 0 aliphatic carbocycles. The van der Waals surface area contributed by atoms with Crippen molar-refractivity contribution >= 4 is 29.5 Å². The van der Waals surface area contributed by atoms with Gasteiger partial charge >= 0.3 is 0 Å². The number of benzene rings is 4. The Bertz CT molecular complexity index is 1700. The van der Waals surface area contributed by atoms with Crippen molar-refractivity contribution in [3.63, 3.8) is 0 Å². The van der Waals surface area contributed by atoms with Crippen LogP contribution < -0.4 is 5.43 Å². The largest absolute Gasteiger partial charge is 0.307 e. The van der Waals surface area contributed by atoms with Gasteiger partial charge in [-0.05, 0) is 71.1 Å². The van der Waals surface area contributed by atoms with Crippen LogP contribution in [0, 0.1) is 29.5 Å². The Hall–Kier alpha value is -4.93. The van der Waals surface area contributed by atoms with Crippen LogP contribution in [0.25, 0.3) is 32.1 Å². The molecule has 0 bridgehead atoms. The highest BCUT2D eigenvalue weighted by molar-refractivity contribution is 7.18. The second-order valence-corrected chi connectivity index (χ2v) is 9.92. The standard InChI is InChI=1S/C32H24FN5S/c1-21-16-26(25-9-5-6-22(17-25)20-35)18-27(30(21)38-36-15-14-34)19-29-31(23-10-12-28(33)13-11-23)39-32(37-29)24-7-3-2-4-8-24/h2-18,34,38H,19H2,1H3/b34-14?,36-15-. The van der Waals surface area contributed by atoms with Crippen molar-refractivity contribution in [2.45, 2.75) is 13.3 Å². The normalized spacial score (nSPS) is 10.9. The highest BCUT2D eigenvalue weighted by Gasteiger charge is 2.18. The van der Waals surface area contributed by atoms with E-state index in [9.17, 15) is 9.65 Å². The molecule has 1 heterocycles. The second kappa shape index (κ2) is 11.6. The van der Waals surface area contributed by atoms with Crippen molar-refractivity contribution in [3.8, 4) is 38.2 Å². The fraction of sp³-hybridized carbons (Fsp3) is 0.0625. The number of halogens is 1. The van der Waals surface area contributed by atoms with Crippen LogP contribution in [-0.2, 0) is 6.42 Å². The molecule has 0 unspecified atom stereocenters. The van der Waals surface area contributed by atoms with Crippen molar-refractivity contribution < 1.29 is 4.39 Å². The topological polar surface area (TPSA) is 84.9 Å². The maximum Gasteiger partial charge on any atom is 0.124 e. The van der Waals surface area contributed by atoms with Crippen molar-refractivity contribution in [2.24, 2.45) is 5.10 Å². The zero-order chi connectivity index (χ0) is 27.2. The summed E-state index contributed by atoms with van der Waals surface area (Å²) in [6.45, 7) is 2.00. The van der Waals surface area contributed by atoms with Gasteiger partial charge in [0.25, 0.3) is 0 Å². The maximum atomic E-state index is 13.8. The van der Waals surface area contributed by atoms with Gasteiger partial charge in [-0.2, -0.15) is 10.4 Å². The smallest absolute Gasteiger partial charge is 0.124 e. The zero-order valence-corrected chi connectivity index (χ0v) is 22.0. The minimum atomic E-state index is -0.286. The van der Waals surface area contributed by atoms with Gasteiger partial charge in [0, 0.05) is 18.2 Å². The highest BCUT2D eigenvalue weighted by Crippen LogP contribution is 2.38. The third-order valence-corrected chi connectivity index (χ3v) is 7.45. The van der Waals surface area contributed by atoms with E-state index in [-0.39, 0.29) is 5.82 Å². The van der Waals surface area contributed by atoms with Gasteiger partial charge in [0.2, 0.25) is 0 Å². The molecule has 0 radical (unpaired) electrons. The summed E-state index contributed by atoms with van der Waals surface area (Å²) in [5.41, 5.74) is 11.1. The molecule has 190 valence electrons. The Balaban J connectivity index is 1.65. The first-order valence-corrected chi connectivity index (χ1v) is 13.1. The van der Waals surface area contributed by atoms with Gasteiger partial charge in [-0.15, -0.1) is 11.3 Å². The van der Waals surface area contributed by atoms with E-state index in [1.807, 2.05) is 55.5 Å². The average Bonchev–Trinajstić information content (AvgIpc) is 3.39. The van der Waals surface area contributed by atoms with E-state index in [1.165, 1.54) is 18.3 Å². The molecule has 5 rings (SSSR count). The van der Waals surface area contributed by atoms with Gasteiger partial charge in [-0.25, -0.2) is 9.37 Å². The van der Waals surface area contributed by atoms with Crippen LogP contribution in [0.2, 0.25) is 0 Å². The number of aryl methyl sites for hydroxylation is 1. The summed E-state index contributed by atoms with van der Waals surface area (Å²) in [5, 5.41) is 21.8. The van der Waals surface area contributed by atoms with Crippen LogP contribution in [0.5, 0.6) is 0 Å². The third kappa shape index (κ3) is 5.82. The molecular formula is C32H24FN5S. The highest BCUT2D eigenvalue weighted by atomic mass is 32.1. The van der Waals surface area contributed by atoms with Gasteiger partial charge in [0.15, 0.2) is 0 Å². The van der Waals surface area contributed by atoms with Gasteiger partial charge in [0.1, 0.15) is 10.8 Å². The van der Waals surface area contributed by atoms with E-state index in [1.54, 1.807) is 29.5 Å². The second-order valence-electron chi connectivity index (χ2n) is 8.92. The number of hydrazone groups is 1. The predicted molar refractivity (Wildman–Crippen MR) is 158 cm³/mol. The van der Waals surface area contributed by atoms with Gasteiger partial charge in [-0.1, -0.05) is 54.6 Å². The number of nitrogens with one attached hydrogen (secondary N) is 2. The van der Waals surface area contributed by atoms with E-state index < -0.39 is 0 Å². The van der Waals surface area contributed by atoms with Crippen LogP contribution in [0.1, 0.15) is 22.4 Å². The molecular weight excluding hydrogens is 505 g/mol. The minimum Gasteiger partial charge on any atom is -0.307 e. The molecule has 0 saturated heterocycles. The number of thiazole rings is 1. The zero-order valence-electron chi connectivity index (χ0n) is 21.1. The molecule has 4 aromatic carbocycles. The number of hydrogen-bond acceptors (Lipinski definition) is 6. The number of aromatic nitrogens is 1. The first-order valence-electron chi connectivity index (χ1n) is 12.3. The summed E-state index contributed by atoms with van der Waals surface area (Å²) in [4.78, 5) is 6.02. The molecule has 1 aromatic heterocycles. The van der Waals surface area contributed by atoms with Gasteiger partial charge < -0.3 is 5.41 Å². The number of rotatable bonds is 8. The molecule has 5 nitrogen and oxygen atoms in total. The summed E-state index contributed by atoms with van der Waals surface area (Å²) >= 11 is 1.58. The first-order chi connectivity index (χ1) is 19.1. The first kappa shape index (κ1) is 25.7. The minimum absolute atomic E-state index is 0.286. The lowest BCUT2D eigenvalue weighted by Crippen LogP contribution is -2.02. The number of hydrogen-bond donors (Lipinski definition) is 2. The summed E-state index contributed by atoms with van der Waals surface area (Å²) in [6, 6.07) is 30.4. The van der Waals surface area contributed by atoms with Gasteiger partial charge in [0.05, 0.1) is 34.1 Å². The Labute approximate surface area is 230 Å². The van der Waals surface area contributed by atoms with Crippen molar-refractivity contribution in [3.05, 3.63) is 119 Å². The molecule has 0 atom stereocenters. The summed E-state index contributed by atoms with van der Waals surface area (Å²) in [5.74, 6) is -0.286. The number of nitriles is 1. The molecule has 0 saturated carbocycles. The fourth-order valence-electron chi connectivity index (χ4n) is 4.42. The summed E-state index contributed by atoms with van der Waals surface area (Å²) in [7, 11) is 0. The lowest BCUT2D eigenvalue weighted by atomic mass is 9.94. The van der Waals surface area contributed by atoms with Crippen LogP contribution in [0.15, 0.2) is 96.1 Å². The number of anilines is 1. The van der Waals surface area contributed by atoms with Crippen molar-refractivity contribution in [1.82, 2.24) is 4.98 Å². The maximum absolute atomic E-state index is 13.8. The molecule has 0 aliphatic heterocycles. The lowest BCUT2D eigenvalue weighted by molar-refractivity contribution is 0.628. The van der Waals surface area contributed by atoms with E-state index in [0.29, 0.717) is 12.0 Å². The van der Waals surface area contributed by atoms with E-state index in [0.717, 1.165) is 60.9 Å². The summed E-state index contributed by atoms with van der Waals surface area (Å²) in [6.07, 6.45) is 2.99. The Morgan fingerprint density at radius 1 is 0.949 bits per heavy atom. The molecule has 39 heavy (non-hydrogen) atoms. The van der Waals surface area contributed by atoms with Crippen molar-refractivity contribution in [1.29, 1.82) is 10.7 Å². The Kier molecular flexibility index (Phi) is 7.67. The summed E-state index contributed by atoms with van der Waals surface area (Å²) < 4.78 is 13.8. The molecule has 0 aliphatic rings. The Morgan fingerprint density at radius 2 is 1.72 bits per heavy atom. The monoisotopic (exact) mass is 529 g/mol. The van der Waals surface area contributed by atoms with E-state index >= 15 is 0 Å². The molecule has 0 amide bonds. The van der Waals surface area contributed by atoms with Crippen LogP contribution in [0.3, 0.4) is 0 Å². The molecule has 0 fully saturated rings. The lowest BCUT2D eigenvalue weighted by Gasteiger charge is -2.15. The molecule has 7 heteroatoms. The van der Waals surface area contributed by atoms with Gasteiger partial charge in [-0.3, -0.25) is 5.43 Å². The van der Waals surface area contributed by atoms with Crippen LogP contribution in [-0.4, -0.2) is 17.4 Å². The van der Waals surface area contributed by atoms with Crippen molar-refractivity contribution in [2.75, 3.05) is 5.43 Å². The molecule has 0 spiro atoms. The SMILES string of the molecule is Cc1cc(-c2cccc(C#N)c2)cc(Cc2nc(-c3ccccc3)sc2-c2ccc(F)cc2)c1N/N=C\C=N. The van der Waals surface area contributed by atoms with Crippen LogP contribution >= 0.6 is 11.3 Å². The van der Waals surface area contributed by atoms with E-state index in [2.05, 4.69) is 28.7 Å². The fourth-order valence-corrected chi connectivity index (χ4v) is 5.51. The predicted octanol–water partition coefficient (Wildman–Crippen LogP) is 8.10. The molecule has 5 aromatic rings. The van der Waals surface area contributed by atoms with Crippen LogP contribution in [0.4, 0.5) is 10.1 Å². The third-order valence-electron chi connectivity index (χ3n) is 6.25. The van der Waals surface area contributed by atoms with E-state index in [4.69, 9.17) is 10.4 Å². The molecule has 2 N–H and O–H groups in total. The quantitative estimate of drug-likeness (QED) is 0.157.